The minimum Gasteiger partial charge on any atom is -0.357 e. The summed E-state index contributed by atoms with van der Waals surface area (Å²) in [7, 11) is 0. The molecule has 0 amide bonds. The maximum atomic E-state index is 4.73. The lowest BCUT2D eigenvalue weighted by molar-refractivity contribution is 0.261. The van der Waals surface area contributed by atoms with Crippen LogP contribution in [0.15, 0.2) is 34.6 Å². The van der Waals surface area contributed by atoms with Gasteiger partial charge >= 0.3 is 0 Å². The fourth-order valence-corrected chi connectivity index (χ4v) is 3.87. The highest BCUT2D eigenvalue weighted by atomic mass is 32.1. The molecule has 1 aliphatic rings. The molecule has 0 atom stereocenters. The molecule has 0 unspecified atom stereocenters. The van der Waals surface area contributed by atoms with Crippen molar-refractivity contribution in [3.63, 3.8) is 0 Å². The number of hydrogen-bond donors (Lipinski definition) is 2. The van der Waals surface area contributed by atoms with Crippen LogP contribution in [0, 0.1) is 6.92 Å². The lowest BCUT2D eigenvalue weighted by Gasteiger charge is -2.28. The third-order valence-corrected chi connectivity index (χ3v) is 5.40. The molecule has 1 aromatic carbocycles. The Bertz CT molecular complexity index is 724. The number of nitrogens with one attached hydrogen (secondary N) is 2. The van der Waals surface area contributed by atoms with Crippen LogP contribution in [0.25, 0.3) is 0 Å². The van der Waals surface area contributed by atoms with Gasteiger partial charge in [-0.15, -0.1) is 11.3 Å². The minimum atomic E-state index is 0.813. The molecule has 1 aliphatic heterocycles. The van der Waals surface area contributed by atoms with Gasteiger partial charge in [-0.3, -0.25) is 9.89 Å². The predicted molar refractivity (Wildman–Crippen MR) is 110 cm³/mol. The van der Waals surface area contributed by atoms with Gasteiger partial charge in [0.1, 0.15) is 0 Å². The van der Waals surface area contributed by atoms with Crippen molar-refractivity contribution in [2.45, 2.75) is 33.2 Å². The molecule has 0 radical (unpaired) electrons. The summed E-state index contributed by atoms with van der Waals surface area (Å²) in [5.41, 5.74) is 4.12. The van der Waals surface area contributed by atoms with Gasteiger partial charge in [0, 0.05) is 44.5 Å². The second kappa shape index (κ2) is 9.69. The zero-order chi connectivity index (χ0) is 18.2. The summed E-state index contributed by atoms with van der Waals surface area (Å²) in [4.78, 5) is 11.7. The zero-order valence-corrected chi connectivity index (χ0v) is 16.6. The number of guanidine groups is 1. The molecule has 26 heavy (non-hydrogen) atoms. The number of aromatic nitrogens is 1. The van der Waals surface area contributed by atoms with Crippen LogP contribution < -0.4 is 10.6 Å². The Balaban J connectivity index is 1.43. The third kappa shape index (κ3) is 5.54. The molecule has 1 aromatic heterocycles. The number of rotatable bonds is 7. The zero-order valence-electron chi connectivity index (χ0n) is 15.8. The Morgan fingerprint density at radius 3 is 2.88 bits per heavy atom. The monoisotopic (exact) mass is 371 g/mol. The van der Waals surface area contributed by atoms with Crippen LogP contribution in [-0.2, 0) is 19.4 Å². The van der Waals surface area contributed by atoms with E-state index in [1.807, 2.05) is 6.92 Å². The molecule has 6 heteroatoms. The Morgan fingerprint density at radius 1 is 1.27 bits per heavy atom. The van der Waals surface area contributed by atoms with Crippen molar-refractivity contribution in [1.82, 2.24) is 20.5 Å². The van der Waals surface area contributed by atoms with Crippen LogP contribution in [0.5, 0.6) is 0 Å². The molecule has 2 heterocycles. The Hall–Kier alpha value is -1.92. The van der Waals surface area contributed by atoms with E-state index in [1.165, 1.54) is 11.1 Å². The average molecular weight is 372 g/mol. The molecule has 0 fully saturated rings. The molecule has 0 aliphatic carbocycles. The lowest BCUT2D eigenvalue weighted by atomic mass is 10.0. The van der Waals surface area contributed by atoms with Crippen LogP contribution in [0.4, 0.5) is 0 Å². The molecule has 2 N–H and O–H groups in total. The van der Waals surface area contributed by atoms with Crippen molar-refractivity contribution in [3.8, 4) is 0 Å². The van der Waals surface area contributed by atoms with Gasteiger partial charge < -0.3 is 10.6 Å². The Morgan fingerprint density at radius 2 is 2.12 bits per heavy atom. The van der Waals surface area contributed by atoms with Gasteiger partial charge in [-0.25, -0.2) is 4.98 Å². The summed E-state index contributed by atoms with van der Waals surface area (Å²) < 4.78 is 0. The summed E-state index contributed by atoms with van der Waals surface area (Å²) in [5, 5.41) is 10.0. The lowest BCUT2D eigenvalue weighted by Crippen LogP contribution is -2.39. The van der Waals surface area contributed by atoms with Crippen LogP contribution in [0.2, 0.25) is 0 Å². The van der Waals surface area contributed by atoms with Crippen molar-refractivity contribution < 1.29 is 0 Å². The van der Waals surface area contributed by atoms with E-state index in [1.54, 1.807) is 11.3 Å². The van der Waals surface area contributed by atoms with E-state index < -0.39 is 0 Å². The van der Waals surface area contributed by atoms with Crippen LogP contribution in [0.1, 0.15) is 28.8 Å². The number of hydrogen-bond acceptors (Lipinski definition) is 4. The quantitative estimate of drug-likeness (QED) is 0.580. The molecule has 0 bridgehead atoms. The van der Waals surface area contributed by atoms with Gasteiger partial charge in [0.25, 0.3) is 0 Å². The van der Waals surface area contributed by atoms with Gasteiger partial charge in [-0.05, 0) is 31.4 Å². The largest absolute Gasteiger partial charge is 0.357 e. The van der Waals surface area contributed by atoms with Crippen molar-refractivity contribution >= 4 is 17.3 Å². The summed E-state index contributed by atoms with van der Waals surface area (Å²) >= 11 is 1.71. The van der Waals surface area contributed by atoms with Crippen LogP contribution in [-0.4, -0.2) is 48.6 Å². The minimum absolute atomic E-state index is 0.813. The highest BCUT2D eigenvalue weighted by Crippen LogP contribution is 2.17. The summed E-state index contributed by atoms with van der Waals surface area (Å²) in [6.07, 6.45) is 2.07. The van der Waals surface area contributed by atoms with Gasteiger partial charge in [-0.1, -0.05) is 24.3 Å². The van der Waals surface area contributed by atoms with Crippen LogP contribution in [0.3, 0.4) is 0 Å². The van der Waals surface area contributed by atoms with E-state index in [0.29, 0.717) is 0 Å². The van der Waals surface area contributed by atoms with E-state index in [9.17, 15) is 0 Å². The van der Waals surface area contributed by atoms with E-state index in [4.69, 9.17) is 4.99 Å². The highest BCUT2D eigenvalue weighted by Gasteiger charge is 2.14. The molecular formula is C20H29N5S. The summed E-state index contributed by atoms with van der Waals surface area (Å²) in [6, 6.07) is 8.77. The van der Waals surface area contributed by atoms with E-state index in [-0.39, 0.29) is 0 Å². The van der Waals surface area contributed by atoms with E-state index >= 15 is 0 Å². The molecule has 140 valence electrons. The summed E-state index contributed by atoms with van der Waals surface area (Å²) in [5.74, 6) is 0.900. The molecule has 0 saturated heterocycles. The second-order valence-corrected chi connectivity index (χ2v) is 7.65. The number of aliphatic imine (C=N–C) groups is 1. The number of benzene rings is 1. The Labute approximate surface area is 160 Å². The topological polar surface area (TPSA) is 52.6 Å². The van der Waals surface area contributed by atoms with Gasteiger partial charge in [0.2, 0.25) is 0 Å². The number of aryl methyl sites for hydroxylation is 1. The first-order chi connectivity index (χ1) is 12.7. The first-order valence-corrected chi connectivity index (χ1v) is 10.3. The van der Waals surface area contributed by atoms with E-state index in [2.05, 4.69) is 57.1 Å². The molecule has 0 spiro atoms. The smallest absolute Gasteiger partial charge is 0.191 e. The third-order valence-electron chi connectivity index (χ3n) is 4.58. The maximum Gasteiger partial charge on any atom is 0.191 e. The predicted octanol–water partition coefficient (Wildman–Crippen LogP) is 2.61. The van der Waals surface area contributed by atoms with Crippen molar-refractivity contribution in [2.24, 2.45) is 4.99 Å². The maximum absolute atomic E-state index is 4.73. The first-order valence-electron chi connectivity index (χ1n) is 9.47. The van der Waals surface area contributed by atoms with Gasteiger partial charge in [0.15, 0.2) is 5.96 Å². The molecule has 3 rings (SSSR count). The summed E-state index contributed by atoms with van der Waals surface area (Å²) in [6.45, 7) is 9.85. The fourth-order valence-electron chi connectivity index (χ4n) is 3.22. The average Bonchev–Trinajstić information content (AvgIpc) is 3.07. The molecule has 0 saturated carbocycles. The van der Waals surface area contributed by atoms with Crippen molar-refractivity contribution in [3.05, 3.63) is 51.5 Å². The normalized spacial score (nSPS) is 14.9. The molecule has 2 aromatic rings. The molecular weight excluding hydrogens is 342 g/mol. The number of nitrogens with zero attached hydrogens (tertiary/aromatic N) is 3. The Kier molecular flexibility index (Phi) is 7.03. The van der Waals surface area contributed by atoms with Gasteiger partial charge in [0.05, 0.1) is 17.2 Å². The van der Waals surface area contributed by atoms with Crippen molar-refractivity contribution in [2.75, 3.05) is 32.7 Å². The second-order valence-electron chi connectivity index (χ2n) is 6.59. The van der Waals surface area contributed by atoms with Gasteiger partial charge in [-0.2, -0.15) is 0 Å². The number of fused-ring (bicyclic) bond motifs is 1. The standard InChI is InChI=1S/C20H29N5S/c1-3-21-20(22-10-8-19-15-26-16(2)24-19)23-11-13-25-12-9-17-6-4-5-7-18(17)14-25/h4-7,15H,3,8-14H2,1-2H3,(H2,21,22,23). The number of thiazole rings is 1. The highest BCUT2D eigenvalue weighted by molar-refractivity contribution is 7.09. The fraction of sp³-hybridized carbons (Fsp3) is 0.500. The van der Waals surface area contributed by atoms with E-state index in [0.717, 1.165) is 68.8 Å². The SMILES string of the molecule is CCNC(=NCCN1CCc2ccccc2C1)NCCc1csc(C)n1. The van der Waals surface area contributed by atoms with Crippen molar-refractivity contribution in [1.29, 1.82) is 0 Å². The molecule has 5 nitrogen and oxygen atoms in total. The van der Waals surface area contributed by atoms with Crippen LogP contribution >= 0.6 is 11.3 Å². The first kappa shape index (κ1) is 18.9.